The molecule has 0 spiro atoms. The standard InChI is InChI=1S/C5H5.C3H8O.2ClH.V/c1-2-4-5-3-1;1-3(2)4;;;/h1-3H,4H2;3-4H,1-2H3;2*1H;. The molecule has 0 amide bonds. The molecule has 12 heavy (non-hydrogen) atoms. The topological polar surface area (TPSA) is 20.2 Å². The van der Waals surface area contributed by atoms with Crippen molar-refractivity contribution in [2.24, 2.45) is 0 Å². The van der Waals surface area contributed by atoms with Gasteiger partial charge in [0.2, 0.25) is 0 Å². The van der Waals surface area contributed by atoms with Crippen molar-refractivity contribution in [3.05, 3.63) is 22.5 Å². The molecule has 1 nitrogen and oxygen atoms in total. The van der Waals surface area contributed by atoms with E-state index < -0.39 is 0 Å². The normalized spacial score (nSPS) is 12.2. The molecule has 0 aromatic rings. The first-order valence-corrected chi connectivity index (χ1v) is 4.05. The van der Waals surface area contributed by atoms with Crippen molar-refractivity contribution in [1.29, 1.82) is 0 Å². The Morgan fingerprint density at radius 3 is 1.92 bits per heavy atom. The van der Waals surface area contributed by atoms with Crippen LogP contribution in [0.5, 0.6) is 0 Å². The molecular formula is C8H15Cl2OV. The molecule has 1 aliphatic carbocycles. The molecular weight excluding hydrogens is 234 g/mol. The fourth-order valence-corrected chi connectivity index (χ4v) is 0.735. The van der Waals surface area contributed by atoms with Gasteiger partial charge in [-0.05, 0) is 13.8 Å². The van der Waals surface area contributed by atoms with Gasteiger partial charge in [0.05, 0.1) is 0 Å². The number of aliphatic hydroxyl groups is 1. The van der Waals surface area contributed by atoms with E-state index in [1.807, 2.05) is 0 Å². The molecule has 1 N–H and O–H groups in total. The van der Waals surface area contributed by atoms with Gasteiger partial charge in [-0.15, -0.1) is 24.8 Å². The summed E-state index contributed by atoms with van der Waals surface area (Å²) < 4.78 is 1.41. The van der Waals surface area contributed by atoms with Gasteiger partial charge in [-0.1, -0.05) is 0 Å². The van der Waals surface area contributed by atoms with E-state index in [4.69, 9.17) is 5.11 Å². The number of allylic oxidation sites excluding steroid dienone is 4. The molecule has 0 bridgehead atoms. The van der Waals surface area contributed by atoms with Crippen LogP contribution >= 0.6 is 24.8 Å². The summed E-state index contributed by atoms with van der Waals surface area (Å²) in [6.45, 7) is 3.44. The van der Waals surface area contributed by atoms with Crippen LogP contribution in [0.4, 0.5) is 0 Å². The van der Waals surface area contributed by atoms with Crippen LogP contribution in [0.2, 0.25) is 0 Å². The van der Waals surface area contributed by atoms with Gasteiger partial charge in [0.25, 0.3) is 0 Å². The summed E-state index contributed by atoms with van der Waals surface area (Å²) in [6, 6.07) is 0. The molecule has 0 heterocycles. The SMILES string of the molecule is CC(C)O.Cl.Cl.[V][C]1=CC=CC1. The molecule has 0 radical (unpaired) electrons. The molecule has 0 atom stereocenters. The quantitative estimate of drug-likeness (QED) is 0.699. The summed E-state index contributed by atoms with van der Waals surface area (Å²) in [7, 11) is 0. The molecule has 1 rings (SSSR count). The van der Waals surface area contributed by atoms with Crippen LogP contribution in [0.3, 0.4) is 0 Å². The Bertz CT molecular complexity index is 141. The molecule has 0 saturated carbocycles. The van der Waals surface area contributed by atoms with Gasteiger partial charge in [0.1, 0.15) is 0 Å². The van der Waals surface area contributed by atoms with Gasteiger partial charge < -0.3 is 5.11 Å². The molecule has 4 heteroatoms. The first kappa shape index (κ1) is 18.4. The Kier molecular flexibility index (Phi) is 17.8. The molecule has 1 aliphatic rings. The Hall–Kier alpha value is 0.604. The third-order valence-electron chi connectivity index (χ3n) is 0.752. The van der Waals surface area contributed by atoms with E-state index >= 15 is 0 Å². The average molecular weight is 249 g/mol. The number of hydrogen-bond acceptors (Lipinski definition) is 1. The second-order valence-electron chi connectivity index (χ2n) is 2.38. The van der Waals surface area contributed by atoms with E-state index in [1.54, 1.807) is 13.8 Å². The second kappa shape index (κ2) is 11.6. The van der Waals surface area contributed by atoms with Crippen molar-refractivity contribution < 1.29 is 22.5 Å². The molecule has 72 valence electrons. The van der Waals surface area contributed by atoms with Crippen LogP contribution in [0, 0.1) is 0 Å². The predicted molar refractivity (Wildman–Crippen MR) is 53.7 cm³/mol. The van der Waals surface area contributed by atoms with Crippen molar-refractivity contribution in [3.8, 4) is 0 Å². The Labute approximate surface area is 96.1 Å². The van der Waals surface area contributed by atoms with Gasteiger partial charge in [-0.3, -0.25) is 0 Å². The second-order valence-corrected chi connectivity index (χ2v) is 3.28. The molecule has 0 aromatic carbocycles. The number of aliphatic hydroxyl groups excluding tert-OH is 1. The summed E-state index contributed by atoms with van der Waals surface area (Å²) in [6.07, 6.45) is 7.31. The first-order valence-electron chi connectivity index (χ1n) is 3.35. The minimum atomic E-state index is -0.167. The van der Waals surface area contributed by atoms with Crippen molar-refractivity contribution in [3.63, 3.8) is 0 Å². The summed E-state index contributed by atoms with van der Waals surface area (Å²) in [5.74, 6) is 0. The van der Waals surface area contributed by atoms with Crippen LogP contribution in [-0.2, 0) is 17.4 Å². The van der Waals surface area contributed by atoms with E-state index in [0.29, 0.717) is 0 Å². The van der Waals surface area contributed by atoms with Crippen molar-refractivity contribution in [2.45, 2.75) is 26.4 Å². The van der Waals surface area contributed by atoms with E-state index in [9.17, 15) is 0 Å². The molecule has 0 aromatic heterocycles. The third kappa shape index (κ3) is 16.9. The Balaban J connectivity index is -0.000000124. The van der Waals surface area contributed by atoms with Crippen LogP contribution in [0.25, 0.3) is 0 Å². The zero-order valence-electron chi connectivity index (χ0n) is 7.23. The van der Waals surface area contributed by atoms with Crippen LogP contribution in [0.15, 0.2) is 22.5 Å². The van der Waals surface area contributed by atoms with Crippen molar-refractivity contribution in [1.82, 2.24) is 0 Å². The van der Waals surface area contributed by atoms with E-state index in [2.05, 4.69) is 35.7 Å². The monoisotopic (exact) mass is 248 g/mol. The number of rotatable bonds is 0. The van der Waals surface area contributed by atoms with E-state index in [-0.39, 0.29) is 30.9 Å². The molecule has 0 unspecified atom stereocenters. The number of hydrogen-bond donors (Lipinski definition) is 1. The fourth-order valence-electron chi connectivity index (χ4n) is 0.436. The Morgan fingerprint density at radius 1 is 1.42 bits per heavy atom. The average Bonchev–Trinajstić information content (AvgIpc) is 2.15. The van der Waals surface area contributed by atoms with Gasteiger partial charge in [-0.2, -0.15) is 0 Å². The number of halogens is 2. The van der Waals surface area contributed by atoms with Crippen LogP contribution in [-0.4, -0.2) is 11.2 Å². The van der Waals surface area contributed by atoms with Gasteiger partial charge in [0, 0.05) is 6.10 Å². The maximum absolute atomic E-state index is 8.06. The van der Waals surface area contributed by atoms with Gasteiger partial charge in [-0.25, -0.2) is 0 Å². The van der Waals surface area contributed by atoms with Crippen molar-refractivity contribution >= 4 is 24.8 Å². The van der Waals surface area contributed by atoms with Gasteiger partial charge in [0.15, 0.2) is 0 Å². The summed E-state index contributed by atoms with van der Waals surface area (Å²) in [4.78, 5) is 0. The van der Waals surface area contributed by atoms with E-state index in [1.165, 1.54) is 4.28 Å². The maximum atomic E-state index is 8.06. The van der Waals surface area contributed by atoms with Crippen LogP contribution < -0.4 is 0 Å². The van der Waals surface area contributed by atoms with E-state index in [0.717, 1.165) is 6.42 Å². The zero-order valence-corrected chi connectivity index (χ0v) is 10.3. The zero-order chi connectivity index (χ0) is 7.98. The van der Waals surface area contributed by atoms with Crippen LogP contribution in [0.1, 0.15) is 20.3 Å². The predicted octanol–water partition coefficient (Wildman–Crippen LogP) is 2.61. The fraction of sp³-hybridized carbons (Fsp3) is 0.500. The third-order valence-corrected chi connectivity index (χ3v) is 1.27. The molecule has 0 fully saturated rings. The first-order chi connectivity index (χ1) is 4.63. The summed E-state index contributed by atoms with van der Waals surface area (Å²) in [5, 5.41) is 8.06. The van der Waals surface area contributed by atoms with Gasteiger partial charge >= 0.3 is 46.4 Å². The Morgan fingerprint density at radius 2 is 1.83 bits per heavy atom. The molecule has 0 aliphatic heterocycles. The summed E-state index contributed by atoms with van der Waals surface area (Å²) in [5.41, 5.74) is 0. The van der Waals surface area contributed by atoms with Crippen molar-refractivity contribution in [2.75, 3.05) is 0 Å². The summed E-state index contributed by atoms with van der Waals surface area (Å²) >= 11 is 2.54. The minimum absolute atomic E-state index is 0. The molecule has 0 saturated heterocycles.